The lowest BCUT2D eigenvalue weighted by Crippen LogP contribution is -2.44. The summed E-state index contributed by atoms with van der Waals surface area (Å²) < 4.78 is 11.0. The van der Waals surface area contributed by atoms with Crippen molar-refractivity contribution in [1.29, 1.82) is 0 Å². The lowest BCUT2D eigenvalue weighted by Gasteiger charge is -2.35. The maximum absolute atomic E-state index is 11.1. The smallest absolute Gasteiger partial charge is 0.335 e. The molecule has 0 radical (unpaired) electrons. The van der Waals surface area contributed by atoms with Crippen LogP contribution in [0.25, 0.3) is 0 Å². The van der Waals surface area contributed by atoms with Crippen LogP contribution >= 0.6 is 0 Å². The standard InChI is InChI=1S/C15H21NO4/c1-10-7-16(8-11(2)20-10)9-13-6-12(15(17)18)4-5-14(13)19-3/h4-6,10-11H,7-9H2,1-3H3,(H,17,18)/t10-,11+. The van der Waals surface area contributed by atoms with Gasteiger partial charge < -0.3 is 14.6 Å². The molecule has 1 saturated heterocycles. The Morgan fingerprint density at radius 2 is 2.05 bits per heavy atom. The van der Waals surface area contributed by atoms with Gasteiger partial charge in [0.1, 0.15) is 5.75 Å². The first-order chi connectivity index (χ1) is 9.49. The summed E-state index contributed by atoms with van der Waals surface area (Å²) in [5, 5.41) is 9.09. The van der Waals surface area contributed by atoms with E-state index in [0.29, 0.717) is 6.54 Å². The average Bonchev–Trinajstić information content (AvgIpc) is 2.37. The zero-order valence-electron chi connectivity index (χ0n) is 12.1. The third kappa shape index (κ3) is 3.49. The summed E-state index contributed by atoms with van der Waals surface area (Å²) in [6.45, 7) is 6.44. The third-order valence-electron chi connectivity index (χ3n) is 3.42. The summed E-state index contributed by atoms with van der Waals surface area (Å²) in [5.74, 6) is -0.195. The maximum Gasteiger partial charge on any atom is 0.335 e. The zero-order valence-corrected chi connectivity index (χ0v) is 12.1. The lowest BCUT2D eigenvalue weighted by atomic mass is 10.1. The van der Waals surface area contributed by atoms with Crippen molar-refractivity contribution >= 4 is 5.97 Å². The second-order valence-corrected chi connectivity index (χ2v) is 5.28. The van der Waals surface area contributed by atoms with E-state index in [9.17, 15) is 4.79 Å². The first-order valence-electron chi connectivity index (χ1n) is 6.77. The molecule has 0 spiro atoms. The predicted octanol–water partition coefficient (Wildman–Crippen LogP) is 2.00. The number of aromatic carboxylic acids is 1. The van der Waals surface area contributed by atoms with Gasteiger partial charge in [-0.3, -0.25) is 4.90 Å². The number of morpholine rings is 1. The van der Waals surface area contributed by atoms with Crippen molar-refractivity contribution in [3.05, 3.63) is 29.3 Å². The van der Waals surface area contributed by atoms with Crippen molar-refractivity contribution in [3.8, 4) is 5.75 Å². The molecule has 0 saturated carbocycles. The average molecular weight is 279 g/mol. The van der Waals surface area contributed by atoms with E-state index < -0.39 is 5.97 Å². The number of carbonyl (C=O) groups is 1. The monoisotopic (exact) mass is 279 g/mol. The van der Waals surface area contributed by atoms with Gasteiger partial charge in [0.05, 0.1) is 24.9 Å². The molecule has 0 aromatic heterocycles. The van der Waals surface area contributed by atoms with E-state index in [-0.39, 0.29) is 17.8 Å². The van der Waals surface area contributed by atoms with E-state index in [2.05, 4.69) is 4.90 Å². The van der Waals surface area contributed by atoms with E-state index in [1.807, 2.05) is 13.8 Å². The van der Waals surface area contributed by atoms with Crippen molar-refractivity contribution < 1.29 is 19.4 Å². The van der Waals surface area contributed by atoms with Crippen molar-refractivity contribution in [1.82, 2.24) is 4.90 Å². The fourth-order valence-electron chi connectivity index (χ4n) is 2.69. The van der Waals surface area contributed by atoms with Gasteiger partial charge in [0, 0.05) is 25.2 Å². The fraction of sp³-hybridized carbons (Fsp3) is 0.533. The van der Waals surface area contributed by atoms with Crippen LogP contribution < -0.4 is 4.74 Å². The number of nitrogens with zero attached hydrogens (tertiary/aromatic N) is 1. The van der Waals surface area contributed by atoms with E-state index in [4.69, 9.17) is 14.6 Å². The van der Waals surface area contributed by atoms with Gasteiger partial charge in [-0.2, -0.15) is 0 Å². The van der Waals surface area contributed by atoms with Crippen LogP contribution in [0.2, 0.25) is 0 Å². The number of methoxy groups -OCH3 is 1. The molecule has 110 valence electrons. The van der Waals surface area contributed by atoms with Crippen LogP contribution in [-0.4, -0.2) is 48.4 Å². The van der Waals surface area contributed by atoms with Gasteiger partial charge in [0.15, 0.2) is 0 Å². The Hall–Kier alpha value is -1.59. The highest BCUT2D eigenvalue weighted by atomic mass is 16.5. The molecule has 0 bridgehead atoms. The molecule has 1 N–H and O–H groups in total. The number of rotatable bonds is 4. The summed E-state index contributed by atoms with van der Waals surface area (Å²) in [6.07, 6.45) is 0.375. The molecule has 1 aliphatic heterocycles. The van der Waals surface area contributed by atoms with E-state index in [0.717, 1.165) is 24.4 Å². The number of hydrogen-bond donors (Lipinski definition) is 1. The highest BCUT2D eigenvalue weighted by molar-refractivity contribution is 5.88. The summed E-state index contributed by atoms with van der Waals surface area (Å²) >= 11 is 0. The summed E-state index contributed by atoms with van der Waals surface area (Å²) in [5.41, 5.74) is 1.18. The van der Waals surface area contributed by atoms with Crippen LogP contribution in [0.1, 0.15) is 29.8 Å². The number of carboxylic acid groups (broad SMARTS) is 1. The summed E-state index contributed by atoms with van der Waals surface area (Å²) in [4.78, 5) is 13.3. The molecule has 20 heavy (non-hydrogen) atoms. The Bertz CT molecular complexity index is 479. The zero-order chi connectivity index (χ0) is 14.7. The third-order valence-corrected chi connectivity index (χ3v) is 3.42. The second kappa shape index (κ2) is 6.24. The van der Waals surface area contributed by atoms with Crippen LogP contribution in [-0.2, 0) is 11.3 Å². The molecule has 2 rings (SSSR count). The van der Waals surface area contributed by atoms with Gasteiger partial charge in [-0.05, 0) is 32.0 Å². The number of ether oxygens (including phenoxy) is 2. The van der Waals surface area contributed by atoms with E-state index in [1.54, 1.807) is 25.3 Å². The van der Waals surface area contributed by atoms with Gasteiger partial charge in [-0.15, -0.1) is 0 Å². The Labute approximate surface area is 119 Å². The lowest BCUT2D eigenvalue weighted by molar-refractivity contribution is -0.0706. The Morgan fingerprint density at radius 3 is 2.60 bits per heavy atom. The molecule has 5 nitrogen and oxygen atoms in total. The summed E-state index contributed by atoms with van der Waals surface area (Å²) in [7, 11) is 1.60. The molecular formula is C15H21NO4. The quantitative estimate of drug-likeness (QED) is 0.913. The van der Waals surface area contributed by atoms with E-state index >= 15 is 0 Å². The maximum atomic E-state index is 11.1. The fourth-order valence-corrected chi connectivity index (χ4v) is 2.69. The molecule has 5 heteroatoms. The number of hydrogen-bond acceptors (Lipinski definition) is 4. The molecule has 1 heterocycles. The predicted molar refractivity (Wildman–Crippen MR) is 75.2 cm³/mol. The van der Waals surface area contributed by atoms with Gasteiger partial charge in [-0.25, -0.2) is 4.79 Å². The first kappa shape index (κ1) is 14.8. The molecule has 0 aliphatic carbocycles. The van der Waals surface area contributed by atoms with Gasteiger partial charge in [0.25, 0.3) is 0 Å². The molecule has 1 aliphatic rings. The van der Waals surface area contributed by atoms with Crippen LogP contribution in [0.5, 0.6) is 5.75 Å². The Balaban J connectivity index is 2.18. The van der Waals surface area contributed by atoms with Crippen molar-refractivity contribution in [2.75, 3.05) is 20.2 Å². The topological polar surface area (TPSA) is 59.0 Å². The van der Waals surface area contributed by atoms with Gasteiger partial charge >= 0.3 is 5.97 Å². The molecular weight excluding hydrogens is 258 g/mol. The van der Waals surface area contributed by atoms with Gasteiger partial charge in [0.2, 0.25) is 0 Å². The molecule has 2 atom stereocenters. The minimum atomic E-state index is -0.919. The van der Waals surface area contributed by atoms with Gasteiger partial charge in [-0.1, -0.05) is 0 Å². The Kier molecular flexibility index (Phi) is 4.62. The molecule has 0 unspecified atom stereocenters. The molecule has 1 aromatic rings. The molecule has 1 fully saturated rings. The van der Waals surface area contributed by atoms with Crippen LogP contribution in [0.15, 0.2) is 18.2 Å². The Morgan fingerprint density at radius 1 is 1.40 bits per heavy atom. The van der Waals surface area contributed by atoms with Crippen molar-refractivity contribution in [2.45, 2.75) is 32.6 Å². The SMILES string of the molecule is COc1ccc(C(=O)O)cc1CN1C[C@@H](C)O[C@@H](C)C1. The largest absolute Gasteiger partial charge is 0.496 e. The van der Waals surface area contributed by atoms with E-state index in [1.165, 1.54) is 0 Å². The highest BCUT2D eigenvalue weighted by Gasteiger charge is 2.23. The second-order valence-electron chi connectivity index (χ2n) is 5.28. The summed E-state index contributed by atoms with van der Waals surface area (Å²) in [6, 6.07) is 4.97. The van der Waals surface area contributed by atoms with Crippen LogP contribution in [0.3, 0.4) is 0 Å². The van der Waals surface area contributed by atoms with Crippen LogP contribution in [0, 0.1) is 0 Å². The minimum Gasteiger partial charge on any atom is -0.496 e. The molecule has 0 amide bonds. The number of carboxylic acids is 1. The van der Waals surface area contributed by atoms with Crippen molar-refractivity contribution in [2.24, 2.45) is 0 Å². The first-order valence-corrected chi connectivity index (χ1v) is 6.77. The highest BCUT2D eigenvalue weighted by Crippen LogP contribution is 2.23. The minimum absolute atomic E-state index is 0.187. The molecule has 1 aromatic carbocycles. The number of benzene rings is 1. The van der Waals surface area contributed by atoms with Crippen molar-refractivity contribution in [3.63, 3.8) is 0 Å². The normalized spacial score (nSPS) is 23.6. The van der Waals surface area contributed by atoms with Crippen LogP contribution in [0.4, 0.5) is 0 Å².